The molecule has 46 heavy (non-hydrogen) atoms. The summed E-state index contributed by atoms with van der Waals surface area (Å²) in [6.45, 7) is 0. The molecule has 0 bridgehead atoms. The van der Waals surface area contributed by atoms with E-state index in [0.29, 0.717) is 0 Å². The van der Waals surface area contributed by atoms with Crippen LogP contribution in [-0.4, -0.2) is 0 Å². The largest absolute Gasteiger partial charge is 0.310 e. The molecule has 1 nitrogen and oxygen atoms in total. The third kappa shape index (κ3) is 4.63. The van der Waals surface area contributed by atoms with Gasteiger partial charge in [-0.25, -0.2) is 0 Å². The maximum Gasteiger partial charge on any atom is 0.0468 e. The fraction of sp³-hybridized carbons (Fsp3) is 0. The van der Waals surface area contributed by atoms with Crippen molar-refractivity contribution in [2.75, 3.05) is 4.90 Å². The first kappa shape index (κ1) is 26.7. The van der Waals surface area contributed by atoms with Gasteiger partial charge in [0.05, 0.1) is 0 Å². The third-order valence-corrected chi connectivity index (χ3v) is 10.1. The molecule has 0 unspecified atom stereocenters. The van der Waals surface area contributed by atoms with E-state index in [1.165, 1.54) is 64.0 Å². The van der Waals surface area contributed by atoms with Gasteiger partial charge < -0.3 is 4.90 Å². The van der Waals surface area contributed by atoms with Crippen molar-refractivity contribution in [3.63, 3.8) is 0 Å². The molecule has 0 amide bonds. The molecule has 0 fully saturated rings. The summed E-state index contributed by atoms with van der Waals surface area (Å²) < 4.78 is 2.66. The van der Waals surface area contributed by atoms with Crippen LogP contribution in [0, 0.1) is 0 Å². The number of thiophene rings is 1. The molecule has 2 heteroatoms. The summed E-state index contributed by atoms with van der Waals surface area (Å²) in [5.74, 6) is 0. The summed E-state index contributed by atoms with van der Waals surface area (Å²) in [4.78, 5) is 2.39. The molecule has 8 aromatic carbocycles. The zero-order valence-corrected chi connectivity index (χ0v) is 25.9. The molecule has 0 saturated carbocycles. The Bertz CT molecular complexity index is 2520. The second-order valence-electron chi connectivity index (χ2n) is 11.8. The molecule has 1 aromatic heterocycles. The minimum Gasteiger partial charge on any atom is -0.310 e. The fourth-order valence-corrected chi connectivity index (χ4v) is 7.90. The van der Waals surface area contributed by atoms with E-state index in [9.17, 15) is 0 Å². The molecule has 0 aliphatic rings. The Morgan fingerprint density at radius 1 is 0.326 bits per heavy atom. The van der Waals surface area contributed by atoms with Crippen molar-refractivity contribution in [3.05, 3.63) is 176 Å². The zero-order valence-electron chi connectivity index (χ0n) is 25.1. The zero-order chi connectivity index (χ0) is 30.5. The summed E-state index contributed by atoms with van der Waals surface area (Å²) >= 11 is 1.87. The van der Waals surface area contributed by atoms with Crippen molar-refractivity contribution in [3.8, 4) is 22.3 Å². The van der Waals surface area contributed by atoms with Gasteiger partial charge in [-0.15, -0.1) is 11.3 Å². The highest BCUT2D eigenvalue weighted by molar-refractivity contribution is 7.25. The van der Waals surface area contributed by atoms with Crippen LogP contribution < -0.4 is 4.90 Å². The molecule has 0 saturated heterocycles. The van der Waals surface area contributed by atoms with Gasteiger partial charge in [-0.1, -0.05) is 121 Å². The number of fused-ring (bicyclic) bond motifs is 5. The highest BCUT2D eigenvalue weighted by Crippen LogP contribution is 2.41. The Kier molecular flexibility index (Phi) is 6.40. The van der Waals surface area contributed by atoms with Crippen molar-refractivity contribution in [1.29, 1.82) is 0 Å². The van der Waals surface area contributed by atoms with Crippen LogP contribution >= 0.6 is 11.3 Å². The van der Waals surface area contributed by atoms with Crippen LogP contribution in [0.15, 0.2) is 176 Å². The highest BCUT2D eigenvalue weighted by Gasteiger charge is 2.16. The number of hydrogen-bond donors (Lipinski definition) is 0. The van der Waals surface area contributed by atoms with Gasteiger partial charge in [-0.3, -0.25) is 0 Å². The third-order valence-electron chi connectivity index (χ3n) is 9.02. The standard InChI is InChI=1S/C44H29NS/c1-2-10-30(11-3-1)31-20-23-36(24-21-31)45(37-15-8-14-34(26-37)40-18-9-13-32-12-4-5-16-39(32)40)38-25-22-33-29-44-42(28-35(33)27-38)41-17-6-7-19-43(41)46-44/h1-29H. The lowest BCUT2D eigenvalue weighted by Crippen LogP contribution is -2.10. The summed E-state index contributed by atoms with van der Waals surface area (Å²) in [7, 11) is 0. The molecular formula is C44H29NS. The average molecular weight is 604 g/mol. The molecule has 0 spiro atoms. The number of anilines is 3. The van der Waals surface area contributed by atoms with Crippen LogP contribution in [0.25, 0.3) is 64.0 Å². The van der Waals surface area contributed by atoms with Crippen LogP contribution in [-0.2, 0) is 0 Å². The van der Waals surface area contributed by atoms with E-state index in [0.717, 1.165) is 17.1 Å². The number of hydrogen-bond acceptors (Lipinski definition) is 2. The number of benzene rings is 8. The lowest BCUT2D eigenvalue weighted by molar-refractivity contribution is 1.29. The Labute approximate surface area is 272 Å². The van der Waals surface area contributed by atoms with Crippen molar-refractivity contribution in [1.82, 2.24) is 0 Å². The van der Waals surface area contributed by atoms with Gasteiger partial charge in [0.2, 0.25) is 0 Å². The van der Waals surface area contributed by atoms with Crippen molar-refractivity contribution in [2.45, 2.75) is 0 Å². The maximum atomic E-state index is 2.39. The topological polar surface area (TPSA) is 3.24 Å². The fourth-order valence-electron chi connectivity index (χ4n) is 6.77. The molecule has 9 rings (SSSR count). The van der Waals surface area contributed by atoms with Gasteiger partial charge in [0, 0.05) is 37.2 Å². The Morgan fingerprint density at radius 2 is 1.00 bits per heavy atom. The van der Waals surface area contributed by atoms with Gasteiger partial charge in [0.25, 0.3) is 0 Å². The second-order valence-corrected chi connectivity index (χ2v) is 12.9. The molecular weight excluding hydrogens is 575 g/mol. The molecule has 0 radical (unpaired) electrons. The van der Waals surface area contributed by atoms with Gasteiger partial charge in [0.15, 0.2) is 0 Å². The van der Waals surface area contributed by atoms with E-state index in [1.807, 2.05) is 11.3 Å². The monoisotopic (exact) mass is 603 g/mol. The van der Waals surface area contributed by atoms with E-state index >= 15 is 0 Å². The Balaban J connectivity index is 1.22. The van der Waals surface area contributed by atoms with E-state index < -0.39 is 0 Å². The Hall–Kier alpha value is -5.70. The van der Waals surface area contributed by atoms with E-state index in [1.54, 1.807) is 0 Å². The van der Waals surface area contributed by atoms with Gasteiger partial charge in [-0.05, 0) is 98.4 Å². The van der Waals surface area contributed by atoms with Gasteiger partial charge >= 0.3 is 0 Å². The molecule has 0 aliphatic heterocycles. The minimum absolute atomic E-state index is 1.12. The van der Waals surface area contributed by atoms with Crippen LogP contribution in [0.1, 0.15) is 0 Å². The predicted molar refractivity (Wildman–Crippen MR) is 200 cm³/mol. The smallest absolute Gasteiger partial charge is 0.0468 e. The molecule has 1 heterocycles. The SMILES string of the molecule is c1ccc(-c2ccc(N(c3cccc(-c4cccc5ccccc45)c3)c3ccc4cc5sc6ccccc6c5cc4c3)cc2)cc1. The van der Waals surface area contributed by atoms with Crippen LogP contribution in [0.5, 0.6) is 0 Å². The number of rotatable bonds is 5. The summed E-state index contributed by atoms with van der Waals surface area (Å²) in [5, 5.41) is 7.66. The maximum absolute atomic E-state index is 2.39. The lowest BCUT2D eigenvalue weighted by Gasteiger charge is -2.27. The Morgan fingerprint density at radius 3 is 1.89 bits per heavy atom. The van der Waals surface area contributed by atoms with Crippen molar-refractivity contribution < 1.29 is 0 Å². The molecule has 0 aliphatic carbocycles. The highest BCUT2D eigenvalue weighted by atomic mass is 32.1. The first-order valence-corrected chi connectivity index (χ1v) is 16.5. The van der Waals surface area contributed by atoms with E-state index in [2.05, 4.69) is 181 Å². The summed E-state index contributed by atoms with van der Waals surface area (Å²) in [6, 6.07) is 64.0. The minimum atomic E-state index is 1.12. The normalized spacial score (nSPS) is 11.5. The summed E-state index contributed by atoms with van der Waals surface area (Å²) in [5.41, 5.74) is 8.25. The lowest BCUT2D eigenvalue weighted by atomic mass is 9.97. The van der Waals surface area contributed by atoms with E-state index in [-0.39, 0.29) is 0 Å². The first-order valence-electron chi connectivity index (χ1n) is 15.7. The van der Waals surface area contributed by atoms with Crippen LogP contribution in [0.2, 0.25) is 0 Å². The van der Waals surface area contributed by atoms with Crippen molar-refractivity contribution in [2.24, 2.45) is 0 Å². The average Bonchev–Trinajstić information content (AvgIpc) is 3.48. The number of nitrogens with zero attached hydrogens (tertiary/aromatic N) is 1. The second kappa shape index (κ2) is 11.0. The van der Waals surface area contributed by atoms with Crippen LogP contribution in [0.4, 0.5) is 17.1 Å². The van der Waals surface area contributed by atoms with Gasteiger partial charge in [-0.2, -0.15) is 0 Å². The molecule has 0 atom stereocenters. The predicted octanol–water partition coefficient (Wildman–Crippen LogP) is 13.2. The van der Waals surface area contributed by atoms with Gasteiger partial charge in [0.1, 0.15) is 0 Å². The first-order chi connectivity index (χ1) is 22.8. The van der Waals surface area contributed by atoms with Crippen molar-refractivity contribution >= 4 is 70.1 Å². The van der Waals surface area contributed by atoms with Crippen LogP contribution in [0.3, 0.4) is 0 Å². The quantitative estimate of drug-likeness (QED) is 0.189. The van der Waals surface area contributed by atoms with E-state index in [4.69, 9.17) is 0 Å². The summed E-state index contributed by atoms with van der Waals surface area (Å²) in [6.07, 6.45) is 0. The molecule has 216 valence electrons. The molecule has 0 N–H and O–H groups in total. The molecule has 9 aromatic rings.